The molecule has 10 atom stereocenters. The number of benzene rings is 2. The molecule has 20 nitrogen and oxygen atoms in total. The number of methoxy groups -OCH3 is 2. The summed E-state index contributed by atoms with van der Waals surface area (Å²) >= 11 is 4.60. The summed E-state index contributed by atoms with van der Waals surface area (Å²) in [7, 11) is 2.34. The Kier molecular flexibility index (Phi) is 22.4. The predicted molar refractivity (Wildman–Crippen MR) is 248 cm³/mol. The number of aryl methyl sites for hydroxylation is 2. The first-order valence-electron chi connectivity index (χ1n) is 21.9. The third-order valence-electron chi connectivity index (χ3n) is 11.4. The first-order valence-corrected chi connectivity index (χ1v) is 22.3. The van der Waals surface area contributed by atoms with Crippen LogP contribution in [-0.4, -0.2) is 156 Å². The summed E-state index contributed by atoms with van der Waals surface area (Å²) < 4.78 is 67.4. The van der Waals surface area contributed by atoms with Gasteiger partial charge in [-0.2, -0.15) is 0 Å². The van der Waals surface area contributed by atoms with Crippen LogP contribution in [0.3, 0.4) is 0 Å². The number of ether oxygens (including phenoxy) is 7. The van der Waals surface area contributed by atoms with Crippen LogP contribution in [0, 0.1) is 39.3 Å². The lowest BCUT2D eigenvalue weighted by Gasteiger charge is -2.39. The van der Waals surface area contributed by atoms with Gasteiger partial charge < -0.3 is 68.9 Å². The fraction of sp³-hybridized carbons (Fsp3) is 0.574. The Labute approximate surface area is 410 Å². The summed E-state index contributed by atoms with van der Waals surface area (Å²) in [5, 5.41) is 79.6. The third-order valence-corrected chi connectivity index (χ3v) is 11.5. The first-order chi connectivity index (χ1) is 32.4. The van der Waals surface area contributed by atoms with Crippen LogP contribution < -0.4 is 9.47 Å². The number of halogens is 3. The van der Waals surface area contributed by atoms with Crippen LogP contribution in [0.1, 0.15) is 92.0 Å². The fourth-order valence-corrected chi connectivity index (χ4v) is 7.30. The minimum atomic E-state index is -1.63. The van der Waals surface area contributed by atoms with E-state index in [2.05, 4.69) is 31.3 Å². The van der Waals surface area contributed by atoms with Gasteiger partial charge in [0.1, 0.15) is 67.1 Å². The van der Waals surface area contributed by atoms with Crippen molar-refractivity contribution >= 4 is 23.2 Å². The Morgan fingerprint density at radius 3 is 1.40 bits per heavy atom. The van der Waals surface area contributed by atoms with Gasteiger partial charge in [0.2, 0.25) is 24.3 Å². The summed E-state index contributed by atoms with van der Waals surface area (Å²) in [6.07, 6.45) is -14.8. The van der Waals surface area contributed by atoms with Crippen LogP contribution in [-0.2, 0) is 36.5 Å². The molecule has 2 fully saturated rings. The van der Waals surface area contributed by atoms with Gasteiger partial charge in [0.15, 0.2) is 0 Å². The van der Waals surface area contributed by atoms with Crippen molar-refractivity contribution in [3.63, 3.8) is 0 Å². The Morgan fingerprint density at radius 1 is 0.671 bits per heavy atom. The normalized spacial score (nSPS) is 24.1. The molecule has 0 saturated carbocycles. The molecule has 0 amide bonds. The van der Waals surface area contributed by atoms with Crippen molar-refractivity contribution < 1.29 is 87.3 Å². The molecule has 0 aliphatic carbocycles. The number of rotatable bonds is 13. The highest BCUT2D eigenvalue weighted by atomic mass is 35.5. The van der Waals surface area contributed by atoms with Gasteiger partial charge in [0.25, 0.3) is 0 Å². The lowest BCUT2D eigenvalue weighted by Crippen LogP contribution is -2.60. The van der Waals surface area contributed by atoms with E-state index in [1.165, 1.54) is 19.2 Å². The predicted octanol–water partition coefficient (Wildman–Crippen LogP) is 4.40. The van der Waals surface area contributed by atoms with Crippen molar-refractivity contribution in [2.45, 2.75) is 149 Å². The number of aromatic nitrogens is 4. The molecule has 6 rings (SSSR count). The Bertz CT molecular complexity index is 2330. The van der Waals surface area contributed by atoms with Crippen LogP contribution >= 0.6 is 11.6 Å². The number of aliphatic hydroxyl groups is 7. The lowest BCUT2D eigenvalue weighted by atomic mass is 9.99. The largest absolute Gasteiger partial charge is 0.508 e. The van der Waals surface area contributed by atoms with Crippen LogP contribution in [0.5, 0.6) is 11.8 Å². The van der Waals surface area contributed by atoms with Crippen molar-refractivity contribution in [1.82, 2.24) is 19.6 Å². The van der Waals surface area contributed by atoms with Gasteiger partial charge in [-0.3, -0.25) is 9.36 Å². The van der Waals surface area contributed by atoms with Gasteiger partial charge in [-0.15, -0.1) is 10.2 Å². The molecular formula is C47H67ClF2N4O16. The number of carbonyl (C=O) groups is 2. The topological polar surface area (TPSA) is 276 Å². The Balaban J connectivity index is 0.000000335. The highest BCUT2D eigenvalue weighted by Crippen LogP contribution is 2.33. The summed E-state index contributed by atoms with van der Waals surface area (Å²) in [5.74, 6) is -0.331. The van der Waals surface area contributed by atoms with Crippen molar-refractivity contribution in [3.05, 3.63) is 92.8 Å². The number of hydrogen-bond acceptors (Lipinski definition) is 18. The minimum Gasteiger partial charge on any atom is -0.457 e. The number of hydrogen-bond donors (Lipinski definition) is 7. The molecule has 0 unspecified atom stereocenters. The van der Waals surface area contributed by atoms with Crippen LogP contribution in [0.2, 0.25) is 0 Å². The fourth-order valence-electron chi connectivity index (χ4n) is 7.30. The zero-order chi connectivity index (χ0) is 51.6. The molecule has 4 heterocycles. The molecule has 4 aromatic rings. The zero-order valence-corrected chi connectivity index (χ0v) is 40.7. The quantitative estimate of drug-likeness (QED) is 0.0722. The van der Waals surface area contributed by atoms with Crippen LogP contribution in [0.4, 0.5) is 18.4 Å². The third kappa shape index (κ3) is 14.8. The van der Waals surface area contributed by atoms with Crippen molar-refractivity contribution in [2.75, 3.05) is 27.4 Å². The summed E-state index contributed by atoms with van der Waals surface area (Å²) in [6.45, 7) is 13.9. The maximum Gasteiger partial charge on any atom is 0.508 e. The van der Waals surface area contributed by atoms with E-state index in [-0.39, 0.29) is 42.9 Å². The van der Waals surface area contributed by atoms with Gasteiger partial charge in [0.05, 0.1) is 20.8 Å². The molecule has 70 heavy (non-hydrogen) atoms. The van der Waals surface area contributed by atoms with E-state index in [0.29, 0.717) is 40.7 Å². The van der Waals surface area contributed by atoms with Gasteiger partial charge in [-0.1, -0.05) is 31.7 Å². The molecule has 2 aromatic heterocycles. The summed E-state index contributed by atoms with van der Waals surface area (Å²) in [6, 6.07) is 9.91. The molecule has 7 N–H and O–H groups in total. The second-order valence-electron chi connectivity index (χ2n) is 17.0. The Morgan fingerprint density at radius 2 is 1.06 bits per heavy atom. The molecule has 2 saturated heterocycles. The number of carbonyl (C=O) groups excluding carboxylic acids is 2. The Hall–Kier alpha value is -5.01. The van der Waals surface area contributed by atoms with Gasteiger partial charge in [0, 0.05) is 59.0 Å². The molecule has 2 aliphatic heterocycles. The van der Waals surface area contributed by atoms with Crippen LogP contribution in [0.15, 0.2) is 36.4 Å². The van der Waals surface area contributed by atoms with Crippen LogP contribution in [0.25, 0.3) is 0 Å². The van der Waals surface area contributed by atoms with E-state index >= 15 is 0 Å². The van der Waals surface area contributed by atoms with E-state index < -0.39 is 86.2 Å². The first kappa shape index (κ1) is 59.3. The number of aliphatic hydroxyl groups excluding tert-OH is 7. The summed E-state index contributed by atoms with van der Waals surface area (Å²) in [5.41, 5.74) is 4.65. The molecule has 0 spiro atoms. The molecule has 0 radical (unpaired) electrons. The number of nitrogens with zero attached hydrogens (tertiary/aromatic N) is 4. The smallest absolute Gasteiger partial charge is 0.457 e. The SMILES string of the molecule is C.COC(=O)Cl.COC(=O)OC[C@H]1O[C@@H](Oc2nn(C(C)C)c(C)c2Cc2ccc(C)c(F)c2)[C@H](O)[C@@H](O)[C@@H]1O.Cc1ccc(Cc2c(O[C@@H]3O[C@H](CO)[C@@H](O)[C@H](O)[C@H]3O)nn(C(C)C)c2C)cc1F. The van der Waals surface area contributed by atoms with Gasteiger partial charge in [-0.05, 0) is 89.8 Å². The second-order valence-corrected chi connectivity index (χ2v) is 17.3. The summed E-state index contributed by atoms with van der Waals surface area (Å²) in [4.78, 5) is 20.6. The lowest BCUT2D eigenvalue weighted by molar-refractivity contribution is -0.278. The second kappa shape index (κ2) is 26.4. The molecule has 2 aromatic carbocycles. The van der Waals surface area contributed by atoms with E-state index in [9.17, 15) is 54.1 Å². The minimum absolute atomic E-state index is 0. The average Bonchev–Trinajstić information content (AvgIpc) is 3.79. The maximum absolute atomic E-state index is 14.1. The van der Waals surface area contributed by atoms with Gasteiger partial charge >= 0.3 is 11.6 Å². The van der Waals surface area contributed by atoms with Crippen molar-refractivity contribution in [3.8, 4) is 11.8 Å². The van der Waals surface area contributed by atoms with Crippen molar-refractivity contribution in [2.24, 2.45) is 0 Å². The highest BCUT2D eigenvalue weighted by molar-refractivity contribution is 6.61. The van der Waals surface area contributed by atoms with E-state index in [4.69, 9.17) is 23.7 Å². The van der Waals surface area contributed by atoms with Crippen molar-refractivity contribution in [1.29, 1.82) is 0 Å². The zero-order valence-electron chi connectivity index (χ0n) is 39.9. The monoisotopic (exact) mass is 1020 g/mol. The van der Waals surface area contributed by atoms with E-state index in [1.54, 1.807) is 41.4 Å². The molecule has 0 bridgehead atoms. The molecular weight excluding hydrogens is 950 g/mol. The van der Waals surface area contributed by atoms with E-state index in [0.717, 1.165) is 24.1 Å². The average molecular weight is 1020 g/mol. The van der Waals surface area contributed by atoms with Gasteiger partial charge in [-0.25, -0.2) is 18.4 Å². The standard InChI is InChI=1S/C23H31FN2O8.C21H29FN2O6.C2H3ClO2.CH4/c1-11(2)26-13(4)15(8-14-7-6-12(3)16(24)9-14)21(25-26)34-22-20(29)19(28)18(27)17(33-22)10-32-23(30)31-5;1-10(2)24-12(4)14(7-13-6-5-11(3)15(22)8-13)20(23-24)30-21-19(28)18(27)17(26)16(9-25)29-21;1-5-2(3)4;/h6-7,9,11,17-20,22,27-29H,8,10H2,1-5H3;5-6,8,10,16-19,21,25-28H,7,9H2,1-4H3;1H3;1H4/t17-,18-,19+,20-,22+;16-,17-,18+,19-,21+;;/m11../s1. The maximum atomic E-state index is 14.1. The molecule has 392 valence electrons. The molecule has 23 heteroatoms. The molecule has 2 aliphatic rings. The highest BCUT2D eigenvalue weighted by Gasteiger charge is 2.47. The van der Waals surface area contributed by atoms with E-state index in [1.807, 2.05) is 47.6 Å².